The smallest absolute Gasteiger partial charge is 0.417 e. The highest BCUT2D eigenvalue weighted by Crippen LogP contribution is 2.39. The molecule has 35 heavy (non-hydrogen) atoms. The molecule has 0 radical (unpaired) electrons. The summed E-state index contributed by atoms with van der Waals surface area (Å²) in [5.74, 6) is -0.868. The van der Waals surface area contributed by atoms with Gasteiger partial charge >= 0.3 is 18.0 Å². The average Bonchev–Trinajstić information content (AvgIpc) is 3.42. The first-order valence-corrected chi connectivity index (χ1v) is 10.4. The van der Waals surface area contributed by atoms with E-state index < -0.39 is 29.1 Å². The van der Waals surface area contributed by atoms with Gasteiger partial charge in [0.05, 0.1) is 11.1 Å². The van der Waals surface area contributed by atoms with Gasteiger partial charge in [0.1, 0.15) is 5.75 Å². The van der Waals surface area contributed by atoms with Crippen LogP contribution in [0.5, 0.6) is 5.75 Å². The molecule has 2 heterocycles. The third kappa shape index (κ3) is 4.69. The van der Waals surface area contributed by atoms with Crippen LogP contribution in [0.4, 0.5) is 13.2 Å². The van der Waals surface area contributed by atoms with Crippen molar-refractivity contribution in [3.63, 3.8) is 0 Å². The molecule has 4 rings (SSSR count). The van der Waals surface area contributed by atoms with Crippen LogP contribution in [-0.2, 0) is 18.8 Å². The molecule has 2 N–H and O–H groups in total. The molecule has 0 bridgehead atoms. The van der Waals surface area contributed by atoms with Crippen molar-refractivity contribution in [2.75, 3.05) is 0 Å². The molecular weight excluding hydrogens is 489 g/mol. The molecule has 0 aliphatic rings. The summed E-state index contributed by atoms with van der Waals surface area (Å²) < 4.78 is 53.5. The first-order chi connectivity index (χ1) is 16.4. The van der Waals surface area contributed by atoms with Crippen LogP contribution in [0.2, 0.25) is 5.02 Å². The second-order valence-corrected chi connectivity index (χ2v) is 8.42. The van der Waals surface area contributed by atoms with E-state index in [0.29, 0.717) is 5.02 Å². The molecule has 0 atom stereocenters. The van der Waals surface area contributed by atoms with Crippen LogP contribution in [0.3, 0.4) is 0 Å². The Hall–Kier alpha value is -3.93. The van der Waals surface area contributed by atoms with Gasteiger partial charge in [-0.15, -0.1) is 20.4 Å². The first kappa shape index (κ1) is 24.2. The summed E-state index contributed by atoms with van der Waals surface area (Å²) in [5, 5.41) is 15.8. The van der Waals surface area contributed by atoms with Crippen molar-refractivity contribution in [2.24, 2.45) is 12.8 Å². The molecule has 0 spiro atoms. The van der Waals surface area contributed by atoms with E-state index in [1.807, 2.05) is 0 Å². The minimum atomic E-state index is -4.57. The zero-order valence-electron chi connectivity index (χ0n) is 18.6. The van der Waals surface area contributed by atoms with E-state index >= 15 is 0 Å². The van der Waals surface area contributed by atoms with Gasteiger partial charge in [-0.05, 0) is 38.1 Å². The molecule has 0 saturated carbocycles. The van der Waals surface area contributed by atoms with Crippen molar-refractivity contribution in [3.8, 4) is 28.6 Å². The number of rotatable bonds is 6. The molecule has 0 aliphatic heterocycles. The molecule has 0 fully saturated rings. The van der Waals surface area contributed by atoms with Gasteiger partial charge in [0.2, 0.25) is 0 Å². The number of hydrogen-bond donors (Lipinski definition) is 1. The Bertz CT molecular complexity index is 1410. The zero-order chi connectivity index (χ0) is 25.5. The molecular formula is C22H18ClF3N6O3. The lowest BCUT2D eigenvalue weighted by Gasteiger charge is -2.26. The lowest BCUT2D eigenvalue weighted by atomic mass is 10.1. The number of nitrogens with zero attached hydrogens (tertiary/aromatic N) is 5. The van der Waals surface area contributed by atoms with Gasteiger partial charge < -0.3 is 19.5 Å². The molecule has 0 aliphatic carbocycles. The maximum Gasteiger partial charge on any atom is 0.417 e. The number of nitrogens with two attached hydrogens (primary N) is 1. The third-order valence-electron chi connectivity index (χ3n) is 5.06. The number of ether oxygens (including phenoxy) is 1. The van der Waals surface area contributed by atoms with Crippen LogP contribution in [0, 0.1) is 0 Å². The monoisotopic (exact) mass is 506 g/mol. The third-order valence-corrected chi connectivity index (χ3v) is 5.29. The molecule has 9 nitrogen and oxygen atoms in total. The van der Waals surface area contributed by atoms with Crippen LogP contribution in [0.15, 0.2) is 46.9 Å². The van der Waals surface area contributed by atoms with E-state index in [4.69, 9.17) is 26.5 Å². The fourth-order valence-corrected chi connectivity index (χ4v) is 3.70. The molecule has 2 aromatic heterocycles. The van der Waals surface area contributed by atoms with Gasteiger partial charge in [-0.3, -0.25) is 4.79 Å². The Morgan fingerprint density at radius 1 is 1.06 bits per heavy atom. The van der Waals surface area contributed by atoms with Crippen LogP contribution in [-0.4, -0.2) is 30.9 Å². The molecule has 1 amide bonds. The second kappa shape index (κ2) is 8.69. The number of halogens is 4. The number of alkyl halides is 3. The molecule has 0 unspecified atom stereocenters. The van der Waals surface area contributed by atoms with Crippen LogP contribution in [0.25, 0.3) is 22.8 Å². The zero-order valence-corrected chi connectivity index (χ0v) is 19.3. The fourth-order valence-electron chi connectivity index (χ4n) is 3.52. The minimum Gasteiger partial charge on any atom is -0.479 e. The maximum absolute atomic E-state index is 13.5. The number of benzene rings is 2. The Morgan fingerprint density at radius 2 is 1.77 bits per heavy atom. The highest BCUT2D eigenvalue weighted by Gasteiger charge is 2.36. The van der Waals surface area contributed by atoms with Crippen molar-refractivity contribution in [3.05, 3.63) is 64.8 Å². The van der Waals surface area contributed by atoms with Gasteiger partial charge in [0, 0.05) is 17.6 Å². The van der Waals surface area contributed by atoms with E-state index in [1.54, 1.807) is 33.0 Å². The Balaban J connectivity index is 1.73. The van der Waals surface area contributed by atoms with Gasteiger partial charge in [-0.25, -0.2) is 0 Å². The summed E-state index contributed by atoms with van der Waals surface area (Å²) in [6.07, 6.45) is -4.57. The maximum atomic E-state index is 13.5. The van der Waals surface area contributed by atoms with Crippen LogP contribution >= 0.6 is 11.6 Å². The Labute approximate surface area is 201 Å². The van der Waals surface area contributed by atoms with Crippen LogP contribution < -0.4 is 10.5 Å². The molecule has 4 aromatic rings. The van der Waals surface area contributed by atoms with E-state index in [9.17, 15) is 18.0 Å². The summed E-state index contributed by atoms with van der Waals surface area (Å²) >= 11 is 6.12. The van der Waals surface area contributed by atoms with Crippen molar-refractivity contribution in [2.45, 2.75) is 25.6 Å². The number of carbonyl (C=O) groups is 1. The number of carbonyl (C=O) groups excluding carboxylic acids is 1. The highest BCUT2D eigenvalue weighted by molar-refractivity contribution is 6.30. The number of hydrogen-bond acceptors (Lipinski definition) is 7. The quantitative estimate of drug-likeness (QED) is 0.405. The SMILES string of the molecule is Cn1c(-c2ccccc2C(F)(F)F)nnc1C(C)(C)Oc1ccc(Cl)cc1-c1nnc(C(N)=O)o1. The first-order valence-electron chi connectivity index (χ1n) is 10.1. The predicted molar refractivity (Wildman–Crippen MR) is 118 cm³/mol. The van der Waals surface area contributed by atoms with Crippen molar-refractivity contribution in [1.29, 1.82) is 0 Å². The topological polar surface area (TPSA) is 122 Å². The predicted octanol–water partition coefficient (Wildman–Crippen LogP) is 4.62. The molecule has 182 valence electrons. The van der Waals surface area contributed by atoms with E-state index in [1.165, 1.54) is 28.8 Å². The number of primary amides is 1. The van der Waals surface area contributed by atoms with Crippen molar-refractivity contribution >= 4 is 17.5 Å². The second-order valence-electron chi connectivity index (χ2n) is 7.98. The summed E-state index contributed by atoms with van der Waals surface area (Å²) in [7, 11) is 1.54. The van der Waals surface area contributed by atoms with Gasteiger partial charge in [-0.2, -0.15) is 13.2 Å². The van der Waals surface area contributed by atoms with Crippen molar-refractivity contribution in [1.82, 2.24) is 25.0 Å². The van der Waals surface area contributed by atoms with Gasteiger partial charge in [0.15, 0.2) is 17.2 Å². The molecule has 0 saturated heterocycles. The summed E-state index contributed by atoms with van der Waals surface area (Å²) in [4.78, 5) is 11.3. The Kier molecular flexibility index (Phi) is 6.01. The lowest BCUT2D eigenvalue weighted by molar-refractivity contribution is -0.137. The standard InChI is InChI=1S/C22H18ClF3N6O3/c1-21(2,20-31-28-17(32(20)3)12-6-4-5-7-14(12)22(24,25)26)35-15-9-8-11(23)10-13(15)18-29-30-19(34-18)16(27)33/h4-10H,1-3H3,(H2,27,33). The molecule has 2 aromatic carbocycles. The lowest BCUT2D eigenvalue weighted by Crippen LogP contribution is -2.29. The van der Waals surface area contributed by atoms with E-state index in [-0.39, 0.29) is 34.4 Å². The number of amides is 1. The average molecular weight is 507 g/mol. The fraction of sp³-hybridized carbons (Fsp3) is 0.227. The normalized spacial score (nSPS) is 12.1. The largest absolute Gasteiger partial charge is 0.479 e. The van der Waals surface area contributed by atoms with Crippen molar-refractivity contribution < 1.29 is 27.1 Å². The van der Waals surface area contributed by atoms with Crippen LogP contribution in [0.1, 0.15) is 35.9 Å². The minimum absolute atomic E-state index is 0.0175. The van der Waals surface area contributed by atoms with E-state index in [2.05, 4.69) is 20.4 Å². The van der Waals surface area contributed by atoms with Gasteiger partial charge in [-0.1, -0.05) is 29.8 Å². The summed E-state index contributed by atoms with van der Waals surface area (Å²) in [5.41, 5.74) is 3.31. The van der Waals surface area contributed by atoms with Gasteiger partial charge in [0.25, 0.3) is 5.89 Å². The highest BCUT2D eigenvalue weighted by atomic mass is 35.5. The molecule has 13 heteroatoms. The number of aromatic nitrogens is 5. The summed E-state index contributed by atoms with van der Waals surface area (Å²) in [6, 6.07) is 9.70. The summed E-state index contributed by atoms with van der Waals surface area (Å²) in [6.45, 7) is 3.33. The van der Waals surface area contributed by atoms with E-state index in [0.717, 1.165) is 6.07 Å². The Morgan fingerprint density at radius 3 is 2.43 bits per heavy atom.